The molecular weight excluding hydrogens is 312 g/mol. The highest BCUT2D eigenvalue weighted by Gasteiger charge is 2.12. The van der Waals surface area contributed by atoms with E-state index in [9.17, 15) is 4.79 Å². The zero-order chi connectivity index (χ0) is 16.1. The molecule has 0 atom stereocenters. The minimum Gasteiger partial charge on any atom is -0.491 e. The summed E-state index contributed by atoms with van der Waals surface area (Å²) in [6.45, 7) is 2.10. The Bertz CT molecular complexity index is 742. The number of aromatic nitrogens is 1. The summed E-state index contributed by atoms with van der Waals surface area (Å²) in [7, 11) is 1.49. The summed E-state index contributed by atoms with van der Waals surface area (Å²) in [5.74, 6) is 1.22. The van der Waals surface area contributed by atoms with Gasteiger partial charge in [0.1, 0.15) is 5.76 Å². The van der Waals surface area contributed by atoms with Gasteiger partial charge in [0.05, 0.1) is 19.9 Å². The third-order valence-corrected chi connectivity index (χ3v) is 4.33. The predicted molar refractivity (Wildman–Crippen MR) is 89.6 cm³/mol. The van der Waals surface area contributed by atoms with Gasteiger partial charge in [-0.3, -0.25) is 9.69 Å². The van der Waals surface area contributed by atoms with E-state index in [-0.39, 0.29) is 5.43 Å². The Labute approximate surface area is 138 Å². The number of furan rings is 1. The molecule has 0 aliphatic rings. The van der Waals surface area contributed by atoms with Crippen molar-refractivity contribution in [2.45, 2.75) is 19.6 Å². The molecule has 3 aromatic rings. The zero-order valence-electron chi connectivity index (χ0n) is 12.8. The maximum Gasteiger partial charge on any atom is 0.223 e. The highest BCUT2D eigenvalue weighted by atomic mass is 32.1. The van der Waals surface area contributed by atoms with Crippen LogP contribution >= 0.6 is 11.3 Å². The molecule has 3 aromatic heterocycles. The van der Waals surface area contributed by atoms with Crippen molar-refractivity contribution in [2.75, 3.05) is 7.11 Å². The fourth-order valence-electron chi connectivity index (χ4n) is 2.41. The number of pyridine rings is 1. The summed E-state index contributed by atoms with van der Waals surface area (Å²) in [4.78, 5) is 18.5. The molecule has 0 fully saturated rings. The Morgan fingerprint density at radius 2 is 2.17 bits per heavy atom. The van der Waals surface area contributed by atoms with Gasteiger partial charge in [-0.2, -0.15) is 0 Å². The zero-order valence-corrected chi connectivity index (χ0v) is 13.6. The number of thiophene rings is 1. The first kappa shape index (κ1) is 15.6. The molecule has 23 heavy (non-hydrogen) atoms. The molecule has 0 saturated carbocycles. The second-order valence-electron chi connectivity index (χ2n) is 5.19. The molecule has 0 saturated heterocycles. The lowest BCUT2D eigenvalue weighted by atomic mass is 10.3. The number of aromatic amines is 1. The van der Waals surface area contributed by atoms with Crippen LogP contribution in [-0.4, -0.2) is 17.0 Å². The van der Waals surface area contributed by atoms with Crippen LogP contribution in [0, 0.1) is 0 Å². The molecule has 0 bridgehead atoms. The summed E-state index contributed by atoms with van der Waals surface area (Å²) in [6, 6.07) is 9.57. The lowest BCUT2D eigenvalue weighted by Crippen LogP contribution is -2.23. The van der Waals surface area contributed by atoms with Crippen LogP contribution in [0.5, 0.6) is 5.75 Å². The first-order chi connectivity index (χ1) is 11.2. The molecule has 1 N–H and O–H groups in total. The lowest BCUT2D eigenvalue weighted by Gasteiger charge is -2.20. The average Bonchev–Trinajstić information content (AvgIpc) is 3.21. The predicted octanol–water partition coefficient (Wildman–Crippen LogP) is 3.24. The number of rotatable bonds is 7. The Balaban J connectivity index is 1.77. The van der Waals surface area contributed by atoms with Crippen molar-refractivity contribution in [3.05, 3.63) is 74.7 Å². The maximum atomic E-state index is 11.9. The molecule has 0 unspecified atom stereocenters. The minimum atomic E-state index is -0.115. The van der Waals surface area contributed by atoms with E-state index < -0.39 is 0 Å². The molecule has 3 rings (SSSR count). The van der Waals surface area contributed by atoms with Crippen molar-refractivity contribution in [2.24, 2.45) is 0 Å². The average molecular weight is 330 g/mol. The van der Waals surface area contributed by atoms with Gasteiger partial charge in [0.25, 0.3) is 0 Å². The standard InChI is InChI=1S/C17H18N2O3S/c1-21-17-9-18-13(8-16(17)20)10-19(11-14-4-2-6-22-14)12-15-5-3-7-23-15/h2-9H,10-12H2,1H3,(H,18,20). The van der Waals surface area contributed by atoms with E-state index in [4.69, 9.17) is 9.15 Å². The topological polar surface area (TPSA) is 58.5 Å². The molecule has 0 aliphatic heterocycles. The van der Waals surface area contributed by atoms with E-state index in [1.165, 1.54) is 12.0 Å². The summed E-state index contributed by atoms with van der Waals surface area (Å²) in [6.07, 6.45) is 3.28. The van der Waals surface area contributed by atoms with E-state index in [2.05, 4.69) is 21.3 Å². The van der Waals surface area contributed by atoms with Crippen molar-refractivity contribution in [1.82, 2.24) is 9.88 Å². The highest BCUT2D eigenvalue weighted by molar-refractivity contribution is 7.09. The van der Waals surface area contributed by atoms with Gasteiger partial charge in [0.2, 0.25) is 5.43 Å². The Morgan fingerprint density at radius 3 is 2.83 bits per heavy atom. The summed E-state index contributed by atoms with van der Waals surface area (Å²) >= 11 is 1.72. The van der Waals surface area contributed by atoms with E-state index >= 15 is 0 Å². The molecule has 120 valence electrons. The molecule has 0 amide bonds. The Hall–Kier alpha value is -2.31. The quantitative estimate of drug-likeness (QED) is 0.722. The number of nitrogens with zero attached hydrogens (tertiary/aromatic N) is 1. The number of methoxy groups -OCH3 is 1. The first-order valence-electron chi connectivity index (χ1n) is 7.27. The fourth-order valence-corrected chi connectivity index (χ4v) is 3.15. The van der Waals surface area contributed by atoms with E-state index in [0.717, 1.165) is 18.0 Å². The van der Waals surface area contributed by atoms with Gasteiger partial charge < -0.3 is 14.1 Å². The van der Waals surface area contributed by atoms with Gasteiger partial charge in [0.15, 0.2) is 5.75 Å². The van der Waals surface area contributed by atoms with Crippen LogP contribution in [0.25, 0.3) is 0 Å². The molecule has 3 heterocycles. The van der Waals surface area contributed by atoms with Crippen molar-refractivity contribution < 1.29 is 9.15 Å². The van der Waals surface area contributed by atoms with Crippen molar-refractivity contribution in [1.29, 1.82) is 0 Å². The Kier molecular flexibility index (Phi) is 4.95. The number of H-pyrrole nitrogens is 1. The third kappa shape index (κ3) is 4.12. The molecule has 6 heteroatoms. The normalized spacial score (nSPS) is 11.0. The maximum absolute atomic E-state index is 11.9. The molecule has 0 radical (unpaired) electrons. The Morgan fingerprint density at radius 1 is 1.26 bits per heavy atom. The first-order valence-corrected chi connectivity index (χ1v) is 8.15. The van der Waals surface area contributed by atoms with Crippen LogP contribution < -0.4 is 10.2 Å². The fraction of sp³-hybridized carbons (Fsp3) is 0.235. The van der Waals surface area contributed by atoms with Crippen LogP contribution in [0.15, 0.2) is 57.4 Å². The van der Waals surface area contributed by atoms with E-state index in [1.807, 2.05) is 18.2 Å². The minimum absolute atomic E-state index is 0.115. The highest BCUT2D eigenvalue weighted by Crippen LogP contribution is 2.17. The number of hydrogen-bond donors (Lipinski definition) is 1. The molecule has 5 nitrogen and oxygen atoms in total. The number of hydrogen-bond acceptors (Lipinski definition) is 5. The largest absolute Gasteiger partial charge is 0.491 e. The second kappa shape index (κ2) is 7.30. The van der Waals surface area contributed by atoms with Crippen molar-refractivity contribution in [3.63, 3.8) is 0 Å². The monoisotopic (exact) mass is 330 g/mol. The number of ether oxygens (including phenoxy) is 1. The van der Waals surface area contributed by atoms with Gasteiger partial charge >= 0.3 is 0 Å². The van der Waals surface area contributed by atoms with Gasteiger partial charge in [-0.15, -0.1) is 11.3 Å². The molecule has 0 spiro atoms. The van der Waals surface area contributed by atoms with E-state index in [1.54, 1.807) is 29.9 Å². The van der Waals surface area contributed by atoms with Crippen LogP contribution in [0.4, 0.5) is 0 Å². The SMILES string of the molecule is COc1c[nH]c(CN(Cc2ccco2)Cc2cccs2)cc1=O. The lowest BCUT2D eigenvalue weighted by molar-refractivity contribution is 0.226. The molecule has 0 aliphatic carbocycles. The van der Waals surface area contributed by atoms with Crippen LogP contribution in [-0.2, 0) is 19.6 Å². The second-order valence-corrected chi connectivity index (χ2v) is 6.23. The van der Waals surface area contributed by atoms with Gasteiger partial charge in [0, 0.05) is 35.9 Å². The van der Waals surface area contributed by atoms with Gasteiger partial charge in [-0.25, -0.2) is 0 Å². The van der Waals surface area contributed by atoms with Gasteiger partial charge in [-0.1, -0.05) is 6.07 Å². The van der Waals surface area contributed by atoms with Crippen molar-refractivity contribution in [3.8, 4) is 5.75 Å². The third-order valence-electron chi connectivity index (χ3n) is 3.47. The van der Waals surface area contributed by atoms with Crippen LogP contribution in [0.2, 0.25) is 0 Å². The van der Waals surface area contributed by atoms with E-state index in [0.29, 0.717) is 18.8 Å². The van der Waals surface area contributed by atoms with Crippen LogP contribution in [0.1, 0.15) is 16.3 Å². The smallest absolute Gasteiger partial charge is 0.223 e. The molecule has 0 aromatic carbocycles. The summed E-state index contributed by atoms with van der Waals surface area (Å²) in [5.41, 5.74) is 0.731. The number of nitrogens with one attached hydrogen (secondary N) is 1. The van der Waals surface area contributed by atoms with Crippen molar-refractivity contribution >= 4 is 11.3 Å². The molecular formula is C17H18N2O3S. The summed E-state index contributed by atoms with van der Waals surface area (Å²) < 4.78 is 10.5. The summed E-state index contributed by atoms with van der Waals surface area (Å²) in [5, 5.41) is 2.07. The van der Waals surface area contributed by atoms with Crippen LogP contribution in [0.3, 0.4) is 0 Å². The van der Waals surface area contributed by atoms with Gasteiger partial charge in [-0.05, 0) is 23.6 Å².